The van der Waals surface area contributed by atoms with Crippen molar-refractivity contribution in [3.8, 4) is 11.4 Å². The van der Waals surface area contributed by atoms with E-state index in [9.17, 15) is 14.5 Å². The minimum Gasteiger partial charge on any atom is -0.444 e. The van der Waals surface area contributed by atoms with Gasteiger partial charge in [0.05, 0.1) is 35.1 Å². The monoisotopic (exact) mass is 390 g/mol. The van der Waals surface area contributed by atoms with E-state index in [1.165, 1.54) is 0 Å². The fourth-order valence-corrected chi connectivity index (χ4v) is 4.38. The summed E-state index contributed by atoms with van der Waals surface area (Å²) in [6.45, 7) is 4.22. The van der Waals surface area contributed by atoms with Gasteiger partial charge in [-0.2, -0.15) is 0 Å². The van der Waals surface area contributed by atoms with Gasteiger partial charge in [0.1, 0.15) is 12.3 Å². The maximum absolute atomic E-state index is 13.2. The topological polar surface area (TPSA) is 103 Å². The van der Waals surface area contributed by atoms with Crippen molar-refractivity contribution in [3.63, 3.8) is 0 Å². The molecule has 8 heteroatoms. The Hall–Kier alpha value is -3.55. The van der Waals surface area contributed by atoms with Crippen LogP contribution in [0.25, 0.3) is 22.3 Å². The van der Waals surface area contributed by atoms with E-state index >= 15 is 0 Å². The molecule has 4 heterocycles. The van der Waals surface area contributed by atoms with Gasteiger partial charge in [0.15, 0.2) is 0 Å². The number of pyridine rings is 2. The summed E-state index contributed by atoms with van der Waals surface area (Å²) in [5, 5.41) is 6.66. The molecule has 2 aliphatic rings. The van der Waals surface area contributed by atoms with E-state index in [1.807, 2.05) is 19.9 Å². The zero-order valence-electron chi connectivity index (χ0n) is 16.0. The minimum absolute atomic E-state index is 0.0502. The van der Waals surface area contributed by atoms with E-state index in [-0.39, 0.29) is 18.2 Å². The highest BCUT2D eigenvalue weighted by molar-refractivity contribution is 5.90. The first kappa shape index (κ1) is 17.5. The Morgan fingerprint density at radius 1 is 1.28 bits per heavy atom. The highest BCUT2D eigenvalue weighted by atomic mass is 16.5. The molecule has 2 aromatic heterocycles. The molecule has 8 nitrogen and oxygen atoms in total. The zero-order chi connectivity index (χ0) is 20.3. The summed E-state index contributed by atoms with van der Waals surface area (Å²) in [7, 11) is 0. The van der Waals surface area contributed by atoms with Crippen LogP contribution in [0, 0.1) is 4.91 Å². The number of aryl methyl sites for hydroxylation is 1. The fourth-order valence-electron chi connectivity index (χ4n) is 4.38. The number of cyclic esters (lactones) is 1. The first-order valence-electron chi connectivity index (χ1n) is 9.51. The summed E-state index contributed by atoms with van der Waals surface area (Å²) in [5.74, 6) is 0. The normalized spacial score (nSPS) is 17.0. The first-order chi connectivity index (χ1) is 14.0. The number of ether oxygens (including phenoxy) is 1. The molecule has 29 heavy (non-hydrogen) atoms. The van der Waals surface area contributed by atoms with Crippen LogP contribution >= 0.6 is 0 Å². The molecule has 0 saturated heterocycles. The summed E-state index contributed by atoms with van der Waals surface area (Å²) >= 11 is 0. The summed E-state index contributed by atoms with van der Waals surface area (Å²) < 4.78 is 6.83. The molecule has 0 radical (unpaired) electrons. The molecule has 2 aliphatic heterocycles. The fraction of sp³-hybridized carbons (Fsp3) is 0.286. The van der Waals surface area contributed by atoms with Crippen LogP contribution in [0.1, 0.15) is 42.1 Å². The van der Waals surface area contributed by atoms with E-state index in [0.717, 1.165) is 45.4 Å². The van der Waals surface area contributed by atoms with E-state index < -0.39 is 6.09 Å². The molecule has 0 saturated carbocycles. The van der Waals surface area contributed by atoms with Gasteiger partial charge < -0.3 is 14.6 Å². The van der Waals surface area contributed by atoms with Crippen LogP contribution in [0.15, 0.2) is 34.2 Å². The largest absolute Gasteiger partial charge is 0.444 e. The van der Waals surface area contributed by atoms with E-state index in [2.05, 4.69) is 10.5 Å². The zero-order valence-corrected chi connectivity index (χ0v) is 16.0. The number of rotatable bonds is 2. The second kappa shape index (κ2) is 6.23. The standard InChI is InChI=1S/C21H18N4O4/c1-3-12-14-6-11(24-28)4-5-17(14)23-19-15(12)8-25-18(19)7-13-10(2)22-21(27)29-9-16(13)20(25)26/h4-7,10H,3,8-9H2,1-2H3,(H,22,27). The van der Waals surface area contributed by atoms with Crippen molar-refractivity contribution in [3.05, 3.63) is 61.8 Å². The average Bonchev–Trinajstić information content (AvgIpc) is 3.01. The molecule has 1 unspecified atom stereocenters. The molecular weight excluding hydrogens is 372 g/mol. The Bertz CT molecular complexity index is 1280. The number of nitrogens with one attached hydrogen (secondary N) is 1. The third kappa shape index (κ3) is 2.48. The number of hydrogen-bond donors (Lipinski definition) is 1. The number of nitrogens with zero attached hydrogens (tertiary/aromatic N) is 3. The smallest absolute Gasteiger partial charge is 0.407 e. The van der Waals surface area contributed by atoms with Crippen molar-refractivity contribution >= 4 is 22.7 Å². The Kier molecular flexibility index (Phi) is 3.77. The van der Waals surface area contributed by atoms with Crippen molar-refractivity contribution < 1.29 is 9.53 Å². The maximum atomic E-state index is 13.2. The Labute approximate surface area is 165 Å². The third-order valence-electron chi connectivity index (χ3n) is 5.79. The summed E-state index contributed by atoms with van der Waals surface area (Å²) in [5.41, 5.74) is 5.74. The number of benzene rings is 1. The lowest BCUT2D eigenvalue weighted by Crippen LogP contribution is -2.26. The van der Waals surface area contributed by atoms with Gasteiger partial charge in [-0.25, -0.2) is 9.78 Å². The summed E-state index contributed by atoms with van der Waals surface area (Å²) in [4.78, 5) is 40.7. The Morgan fingerprint density at radius 3 is 2.86 bits per heavy atom. The Morgan fingerprint density at radius 2 is 2.10 bits per heavy atom. The van der Waals surface area contributed by atoms with Crippen molar-refractivity contribution in [1.82, 2.24) is 14.9 Å². The third-order valence-corrected chi connectivity index (χ3v) is 5.79. The molecule has 0 aliphatic carbocycles. The molecule has 1 amide bonds. The number of amides is 1. The highest BCUT2D eigenvalue weighted by Crippen LogP contribution is 2.38. The van der Waals surface area contributed by atoms with Crippen LogP contribution in [0.5, 0.6) is 0 Å². The summed E-state index contributed by atoms with van der Waals surface area (Å²) in [6.07, 6.45) is 0.206. The number of nitroso groups, excluding NO2 is 1. The van der Waals surface area contributed by atoms with Gasteiger partial charge in [-0.3, -0.25) is 4.79 Å². The average molecular weight is 390 g/mol. The lowest BCUT2D eigenvalue weighted by atomic mass is 9.97. The minimum atomic E-state index is -0.532. The second-order valence-corrected chi connectivity index (χ2v) is 7.36. The molecule has 3 aromatic rings. The van der Waals surface area contributed by atoms with Crippen LogP contribution in [0.2, 0.25) is 0 Å². The number of carbonyl (C=O) groups excluding carboxylic acids is 1. The van der Waals surface area contributed by atoms with Gasteiger partial charge >= 0.3 is 6.09 Å². The number of aromatic nitrogens is 2. The van der Waals surface area contributed by atoms with Crippen LogP contribution < -0.4 is 10.9 Å². The highest BCUT2D eigenvalue weighted by Gasteiger charge is 2.30. The molecular formula is C21H18N4O4. The van der Waals surface area contributed by atoms with Crippen molar-refractivity contribution in [2.45, 2.75) is 39.5 Å². The van der Waals surface area contributed by atoms with Gasteiger partial charge in [-0.15, -0.1) is 4.91 Å². The Balaban J connectivity index is 1.79. The van der Waals surface area contributed by atoms with Gasteiger partial charge in [0.2, 0.25) is 0 Å². The molecule has 0 spiro atoms. The molecule has 1 atom stereocenters. The quantitative estimate of drug-likeness (QED) is 0.526. The van der Waals surface area contributed by atoms with Crippen LogP contribution in [-0.2, 0) is 24.3 Å². The second-order valence-electron chi connectivity index (χ2n) is 7.36. The van der Waals surface area contributed by atoms with Gasteiger partial charge in [0, 0.05) is 10.9 Å². The number of hydrogen-bond acceptors (Lipinski definition) is 6. The summed E-state index contributed by atoms with van der Waals surface area (Å²) in [6, 6.07) is 6.77. The van der Waals surface area contributed by atoms with E-state index in [4.69, 9.17) is 9.72 Å². The SMILES string of the molecule is CCc1c2c(nc3ccc(N=O)cc13)-c1cc3c(c(=O)n1C2)COC(=O)NC3C. The molecule has 1 aromatic carbocycles. The van der Waals surface area contributed by atoms with Gasteiger partial charge in [0.25, 0.3) is 5.56 Å². The van der Waals surface area contributed by atoms with Gasteiger partial charge in [-0.1, -0.05) is 6.92 Å². The molecule has 0 fully saturated rings. The number of fused-ring (bicyclic) bond motifs is 5. The predicted molar refractivity (Wildman–Crippen MR) is 107 cm³/mol. The van der Waals surface area contributed by atoms with Crippen LogP contribution in [0.3, 0.4) is 0 Å². The van der Waals surface area contributed by atoms with E-state index in [1.54, 1.807) is 22.8 Å². The molecule has 0 bridgehead atoms. The maximum Gasteiger partial charge on any atom is 0.407 e. The molecule has 5 rings (SSSR count). The number of alkyl carbamates (subject to hydrolysis) is 1. The molecule has 1 N–H and O–H groups in total. The lowest BCUT2D eigenvalue weighted by molar-refractivity contribution is 0.140. The van der Waals surface area contributed by atoms with Crippen LogP contribution in [-0.4, -0.2) is 15.6 Å². The van der Waals surface area contributed by atoms with Crippen LogP contribution in [0.4, 0.5) is 10.5 Å². The van der Waals surface area contributed by atoms with Crippen molar-refractivity contribution in [2.75, 3.05) is 0 Å². The van der Waals surface area contributed by atoms with E-state index in [0.29, 0.717) is 17.8 Å². The predicted octanol–water partition coefficient (Wildman–Crippen LogP) is 3.69. The van der Waals surface area contributed by atoms with Crippen molar-refractivity contribution in [2.24, 2.45) is 5.18 Å². The number of carbonyl (C=O) groups is 1. The van der Waals surface area contributed by atoms with Crippen molar-refractivity contribution in [1.29, 1.82) is 0 Å². The molecule has 146 valence electrons. The lowest BCUT2D eigenvalue weighted by Gasteiger charge is -2.14. The van der Waals surface area contributed by atoms with Gasteiger partial charge in [-0.05, 0) is 53.9 Å². The first-order valence-corrected chi connectivity index (χ1v) is 9.51.